The van der Waals surface area contributed by atoms with Crippen LogP contribution in [0, 0.1) is 20.8 Å². The SMILES string of the molecule is Cc1nn(CC(C)(NC(C)C)C(=O)O)c(C)c1C. The molecule has 0 aromatic carbocycles. The molecule has 102 valence electrons. The van der Waals surface area contributed by atoms with Gasteiger partial charge in [0.15, 0.2) is 0 Å². The van der Waals surface area contributed by atoms with Crippen molar-refractivity contribution >= 4 is 5.97 Å². The standard InChI is InChI=1S/C13H23N3O2/c1-8(2)14-13(6,12(17)18)7-16-11(5)9(3)10(4)15-16/h8,14H,7H2,1-6H3,(H,17,18). The van der Waals surface area contributed by atoms with Gasteiger partial charge in [0.05, 0.1) is 12.2 Å². The Labute approximate surface area is 108 Å². The third-order valence-electron chi connectivity index (χ3n) is 3.29. The highest BCUT2D eigenvalue weighted by Gasteiger charge is 2.35. The summed E-state index contributed by atoms with van der Waals surface area (Å²) in [5.41, 5.74) is 2.08. The molecule has 0 aliphatic rings. The minimum atomic E-state index is -1.01. The molecule has 5 nitrogen and oxygen atoms in total. The first-order valence-corrected chi connectivity index (χ1v) is 6.19. The van der Waals surface area contributed by atoms with Gasteiger partial charge < -0.3 is 5.11 Å². The summed E-state index contributed by atoms with van der Waals surface area (Å²) in [7, 11) is 0. The van der Waals surface area contributed by atoms with Crippen molar-refractivity contribution in [1.82, 2.24) is 15.1 Å². The number of hydrogen-bond acceptors (Lipinski definition) is 3. The van der Waals surface area contributed by atoms with Crippen molar-refractivity contribution in [3.63, 3.8) is 0 Å². The summed E-state index contributed by atoms with van der Waals surface area (Å²) in [5.74, 6) is -0.860. The fourth-order valence-electron chi connectivity index (χ4n) is 2.05. The van der Waals surface area contributed by atoms with E-state index in [2.05, 4.69) is 10.4 Å². The van der Waals surface area contributed by atoms with Crippen molar-refractivity contribution in [1.29, 1.82) is 0 Å². The van der Waals surface area contributed by atoms with Crippen LogP contribution in [0.1, 0.15) is 37.7 Å². The molecule has 0 aliphatic heterocycles. The van der Waals surface area contributed by atoms with Gasteiger partial charge in [-0.25, -0.2) is 0 Å². The molecule has 1 aromatic rings. The third kappa shape index (κ3) is 2.90. The molecule has 1 heterocycles. The smallest absolute Gasteiger partial charge is 0.325 e. The summed E-state index contributed by atoms with van der Waals surface area (Å²) in [4.78, 5) is 11.5. The number of nitrogens with one attached hydrogen (secondary N) is 1. The summed E-state index contributed by atoms with van der Waals surface area (Å²) in [6.07, 6.45) is 0. The molecule has 1 rings (SSSR count). The zero-order valence-corrected chi connectivity index (χ0v) is 12.0. The Hall–Kier alpha value is -1.36. The van der Waals surface area contributed by atoms with Crippen LogP contribution in [0.25, 0.3) is 0 Å². The quantitative estimate of drug-likeness (QED) is 0.837. The van der Waals surface area contributed by atoms with Gasteiger partial charge in [0.2, 0.25) is 0 Å². The molecule has 0 aliphatic carbocycles. The fraction of sp³-hybridized carbons (Fsp3) is 0.692. The molecule has 1 aromatic heterocycles. The number of carboxylic acids is 1. The van der Waals surface area contributed by atoms with Crippen molar-refractivity contribution in [2.75, 3.05) is 0 Å². The predicted octanol–water partition coefficient (Wildman–Crippen LogP) is 1.65. The van der Waals surface area contributed by atoms with Crippen LogP contribution in [-0.4, -0.2) is 32.4 Å². The summed E-state index contributed by atoms with van der Waals surface area (Å²) < 4.78 is 1.77. The minimum Gasteiger partial charge on any atom is -0.480 e. The van der Waals surface area contributed by atoms with Gasteiger partial charge in [-0.3, -0.25) is 14.8 Å². The number of carbonyl (C=O) groups is 1. The first kappa shape index (κ1) is 14.7. The zero-order chi connectivity index (χ0) is 14.1. The number of aromatic nitrogens is 2. The maximum absolute atomic E-state index is 11.5. The number of carboxylic acid groups (broad SMARTS) is 1. The number of aliphatic carboxylic acids is 1. The molecule has 0 saturated heterocycles. The van der Waals surface area contributed by atoms with Gasteiger partial charge in [-0.15, -0.1) is 0 Å². The van der Waals surface area contributed by atoms with Gasteiger partial charge in [0, 0.05) is 11.7 Å². The first-order valence-electron chi connectivity index (χ1n) is 6.19. The van der Waals surface area contributed by atoms with E-state index in [-0.39, 0.29) is 6.04 Å². The predicted molar refractivity (Wildman–Crippen MR) is 70.8 cm³/mol. The summed E-state index contributed by atoms with van der Waals surface area (Å²) in [6.45, 7) is 11.8. The maximum Gasteiger partial charge on any atom is 0.325 e. The molecule has 18 heavy (non-hydrogen) atoms. The lowest BCUT2D eigenvalue weighted by Crippen LogP contribution is -2.55. The molecule has 2 N–H and O–H groups in total. The van der Waals surface area contributed by atoms with Crippen molar-refractivity contribution < 1.29 is 9.90 Å². The average molecular weight is 253 g/mol. The molecule has 0 fully saturated rings. The van der Waals surface area contributed by atoms with Crippen LogP contribution in [0.2, 0.25) is 0 Å². The van der Waals surface area contributed by atoms with Crippen LogP contribution in [0.4, 0.5) is 0 Å². The Kier molecular flexibility index (Phi) is 4.16. The van der Waals surface area contributed by atoms with E-state index in [1.807, 2.05) is 34.6 Å². The third-order valence-corrected chi connectivity index (χ3v) is 3.29. The average Bonchev–Trinajstić information content (AvgIpc) is 2.45. The van der Waals surface area contributed by atoms with E-state index in [1.165, 1.54) is 0 Å². The Morgan fingerprint density at radius 2 is 2.00 bits per heavy atom. The van der Waals surface area contributed by atoms with Crippen LogP contribution in [-0.2, 0) is 11.3 Å². The van der Waals surface area contributed by atoms with E-state index in [9.17, 15) is 9.90 Å². The monoisotopic (exact) mass is 253 g/mol. The summed E-state index contributed by atoms with van der Waals surface area (Å²) in [5, 5.41) is 16.9. The first-order chi connectivity index (χ1) is 8.17. The molecular weight excluding hydrogens is 230 g/mol. The maximum atomic E-state index is 11.5. The van der Waals surface area contributed by atoms with E-state index in [1.54, 1.807) is 11.6 Å². The molecule has 1 unspecified atom stereocenters. The van der Waals surface area contributed by atoms with Gasteiger partial charge in [-0.1, -0.05) is 0 Å². The fourth-order valence-corrected chi connectivity index (χ4v) is 2.05. The van der Waals surface area contributed by atoms with Crippen LogP contribution in [0.3, 0.4) is 0 Å². The van der Waals surface area contributed by atoms with Crippen LogP contribution >= 0.6 is 0 Å². The number of hydrogen-bond donors (Lipinski definition) is 2. The molecular formula is C13H23N3O2. The second-order valence-electron chi connectivity index (χ2n) is 5.39. The van der Waals surface area contributed by atoms with Crippen molar-refractivity contribution in [3.05, 3.63) is 17.0 Å². The molecule has 5 heteroatoms. The number of rotatable bonds is 5. The van der Waals surface area contributed by atoms with Crippen molar-refractivity contribution in [3.8, 4) is 0 Å². The van der Waals surface area contributed by atoms with Gasteiger partial charge in [-0.2, -0.15) is 5.10 Å². The highest BCUT2D eigenvalue weighted by Crippen LogP contribution is 2.16. The second-order valence-corrected chi connectivity index (χ2v) is 5.39. The Balaban J connectivity index is 3.04. The van der Waals surface area contributed by atoms with Crippen LogP contribution in [0.15, 0.2) is 0 Å². The zero-order valence-electron chi connectivity index (χ0n) is 12.0. The van der Waals surface area contributed by atoms with Crippen LogP contribution < -0.4 is 5.32 Å². The van der Waals surface area contributed by atoms with E-state index in [4.69, 9.17) is 0 Å². The molecule has 0 amide bonds. The van der Waals surface area contributed by atoms with Crippen LogP contribution in [0.5, 0.6) is 0 Å². The Morgan fingerprint density at radius 1 is 1.44 bits per heavy atom. The number of aryl methyl sites for hydroxylation is 1. The highest BCUT2D eigenvalue weighted by atomic mass is 16.4. The number of nitrogens with zero attached hydrogens (tertiary/aromatic N) is 2. The van der Waals surface area contributed by atoms with E-state index >= 15 is 0 Å². The van der Waals surface area contributed by atoms with Gasteiger partial charge in [0.25, 0.3) is 0 Å². The summed E-state index contributed by atoms with van der Waals surface area (Å²) >= 11 is 0. The Bertz CT molecular complexity index is 451. The lowest BCUT2D eigenvalue weighted by molar-refractivity contribution is -0.145. The molecule has 0 spiro atoms. The van der Waals surface area contributed by atoms with E-state index < -0.39 is 11.5 Å². The lowest BCUT2D eigenvalue weighted by atomic mass is 10.0. The van der Waals surface area contributed by atoms with Crippen molar-refractivity contribution in [2.24, 2.45) is 0 Å². The minimum absolute atomic E-state index is 0.101. The Morgan fingerprint density at radius 3 is 2.33 bits per heavy atom. The van der Waals surface area contributed by atoms with E-state index in [0.29, 0.717) is 6.54 Å². The highest BCUT2D eigenvalue weighted by molar-refractivity contribution is 5.78. The second kappa shape index (κ2) is 5.10. The molecule has 0 radical (unpaired) electrons. The van der Waals surface area contributed by atoms with Gasteiger partial charge >= 0.3 is 5.97 Å². The van der Waals surface area contributed by atoms with Gasteiger partial charge in [-0.05, 0) is 47.1 Å². The van der Waals surface area contributed by atoms with E-state index in [0.717, 1.165) is 17.0 Å². The molecule has 0 bridgehead atoms. The van der Waals surface area contributed by atoms with Gasteiger partial charge in [0.1, 0.15) is 5.54 Å². The lowest BCUT2D eigenvalue weighted by Gasteiger charge is -2.29. The largest absolute Gasteiger partial charge is 0.480 e. The molecule has 1 atom stereocenters. The molecule has 0 saturated carbocycles. The van der Waals surface area contributed by atoms with Crippen molar-refractivity contribution in [2.45, 2.75) is 59.7 Å². The topological polar surface area (TPSA) is 67.2 Å². The summed E-state index contributed by atoms with van der Waals surface area (Å²) in [6, 6.07) is 0.101. The normalized spacial score (nSPS) is 14.8.